The van der Waals surface area contributed by atoms with Gasteiger partial charge in [-0.3, -0.25) is 9.59 Å². The number of nitrogens with two attached hydrogens (primary N) is 1. The third kappa shape index (κ3) is 6.10. The molecule has 0 radical (unpaired) electrons. The van der Waals surface area contributed by atoms with Crippen LogP contribution in [0.3, 0.4) is 0 Å². The highest BCUT2D eigenvalue weighted by atomic mass is 16.7. The lowest BCUT2D eigenvalue weighted by Crippen LogP contribution is -2.52. The minimum atomic E-state index is -0.611. The molecule has 8 nitrogen and oxygen atoms in total. The fourth-order valence-electron chi connectivity index (χ4n) is 3.87. The summed E-state index contributed by atoms with van der Waals surface area (Å²) in [5, 5.41) is 0. The van der Waals surface area contributed by atoms with Crippen LogP contribution in [-0.2, 0) is 14.2 Å². The number of hydrogen-bond donors (Lipinski definition) is 1. The van der Waals surface area contributed by atoms with Gasteiger partial charge >= 0.3 is 0 Å². The van der Waals surface area contributed by atoms with Gasteiger partial charge < -0.3 is 29.6 Å². The van der Waals surface area contributed by atoms with E-state index in [1.807, 2.05) is 24.3 Å². The third-order valence-corrected chi connectivity index (χ3v) is 5.81. The quantitative estimate of drug-likeness (QED) is 0.433. The Balaban J connectivity index is 1.24. The molecule has 0 bridgehead atoms. The van der Waals surface area contributed by atoms with E-state index in [1.54, 1.807) is 6.07 Å². The van der Waals surface area contributed by atoms with Crippen molar-refractivity contribution in [1.82, 2.24) is 0 Å². The number of nitrogens with zero attached hydrogens (tertiary/aromatic N) is 1. The third-order valence-electron chi connectivity index (χ3n) is 5.81. The molecule has 1 atom stereocenters. The van der Waals surface area contributed by atoms with Crippen molar-refractivity contribution in [2.75, 3.05) is 37.8 Å². The lowest BCUT2D eigenvalue weighted by Gasteiger charge is -2.40. The molecule has 2 aromatic carbocycles. The summed E-state index contributed by atoms with van der Waals surface area (Å²) >= 11 is 0. The number of amides is 1. The SMILES string of the molecule is CC(=O)c1ccc(C(N)=O)c(Oc2ccc(N3CC(OCCOC4CCCCO4)C3)cc2)c1. The van der Waals surface area contributed by atoms with Gasteiger partial charge in [0.1, 0.15) is 11.5 Å². The van der Waals surface area contributed by atoms with Gasteiger partial charge in [-0.25, -0.2) is 0 Å². The van der Waals surface area contributed by atoms with Gasteiger partial charge in [0.25, 0.3) is 5.91 Å². The molecule has 176 valence electrons. The molecule has 0 saturated carbocycles. The molecule has 2 N–H and O–H groups in total. The first-order valence-electron chi connectivity index (χ1n) is 11.3. The Hall–Kier alpha value is -2.94. The molecule has 2 heterocycles. The van der Waals surface area contributed by atoms with E-state index in [1.165, 1.54) is 19.1 Å². The number of ketones is 1. The maximum Gasteiger partial charge on any atom is 0.252 e. The van der Waals surface area contributed by atoms with E-state index in [0.717, 1.165) is 44.6 Å². The monoisotopic (exact) mass is 454 g/mol. The van der Waals surface area contributed by atoms with Crippen LogP contribution in [0.25, 0.3) is 0 Å². The zero-order chi connectivity index (χ0) is 23.2. The molecule has 4 rings (SSSR count). The number of hydrogen-bond acceptors (Lipinski definition) is 7. The molecule has 1 unspecified atom stereocenters. The topological polar surface area (TPSA) is 100 Å². The molecule has 1 amide bonds. The predicted molar refractivity (Wildman–Crippen MR) is 123 cm³/mol. The second-order valence-corrected chi connectivity index (χ2v) is 8.29. The molecular formula is C25H30N2O6. The summed E-state index contributed by atoms with van der Waals surface area (Å²) in [6, 6.07) is 12.2. The van der Waals surface area contributed by atoms with Crippen LogP contribution in [0.4, 0.5) is 5.69 Å². The van der Waals surface area contributed by atoms with Gasteiger partial charge in [0.2, 0.25) is 0 Å². The van der Waals surface area contributed by atoms with Gasteiger partial charge in [-0.2, -0.15) is 0 Å². The van der Waals surface area contributed by atoms with E-state index < -0.39 is 5.91 Å². The van der Waals surface area contributed by atoms with Crippen LogP contribution in [0.15, 0.2) is 42.5 Å². The second-order valence-electron chi connectivity index (χ2n) is 8.29. The summed E-state index contributed by atoms with van der Waals surface area (Å²) in [5.41, 5.74) is 7.18. The van der Waals surface area contributed by atoms with Crippen LogP contribution < -0.4 is 15.4 Å². The van der Waals surface area contributed by atoms with E-state index in [4.69, 9.17) is 24.7 Å². The van der Waals surface area contributed by atoms with Gasteiger partial charge in [0.05, 0.1) is 24.9 Å². The molecule has 0 spiro atoms. The van der Waals surface area contributed by atoms with Crippen molar-refractivity contribution in [1.29, 1.82) is 0 Å². The first kappa shape index (κ1) is 23.2. The summed E-state index contributed by atoms with van der Waals surface area (Å²) in [5.74, 6) is 0.0910. The Labute approximate surface area is 193 Å². The number of primary amides is 1. The molecule has 33 heavy (non-hydrogen) atoms. The highest BCUT2D eigenvalue weighted by Crippen LogP contribution is 2.30. The van der Waals surface area contributed by atoms with Crippen molar-refractivity contribution in [3.05, 3.63) is 53.6 Å². The Morgan fingerprint density at radius 1 is 1.06 bits per heavy atom. The first-order chi connectivity index (χ1) is 16.0. The predicted octanol–water partition coefficient (Wildman–Crippen LogP) is 3.53. The lowest BCUT2D eigenvalue weighted by molar-refractivity contribution is -0.171. The van der Waals surface area contributed by atoms with Gasteiger partial charge in [0.15, 0.2) is 12.1 Å². The molecular weight excluding hydrogens is 424 g/mol. The van der Waals surface area contributed by atoms with E-state index in [0.29, 0.717) is 24.5 Å². The van der Waals surface area contributed by atoms with Crippen LogP contribution in [0.5, 0.6) is 11.5 Å². The second kappa shape index (κ2) is 10.8. The van der Waals surface area contributed by atoms with Crippen molar-refractivity contribution in [3.63, 3.8) is 0 Å². The summed E-state index contributed by atoms with van der Waals surface area (Å²) < 4.78 is 23.0. The van der Waals surface area contributed by atoms with Crippen LogP contribution in [-0.4, -0.2) is 57.0 Å². The molecule has 2 fully saturated rings. The van der Waals surface area contributed by atoms with Crippen molar-refractivity contribution in [3.8, 4) is 11.5 Å². The Bertz CT molecular complexity index is 965. The summed E-state index contributed by atoms with van der Waals surface area (Å²) in [7, 11) is 0. The standard InChI is InChI=1S/C25H30N2O6/c1-17(28)18-5-10-22(25(26)29)23(14-18)33-20-8-6-19(7-9-20)27-15-21(16-27)30-12-13-32-24-4-2-3-11-31-24/h5-10,14,21,24H,2-4,11-13,15-16H2,1H3,(H2,26,29). The Kier molecular flexibility index (Phi) is 7.59. The molecule has 0 aliphatic carbocycles. The average Bonchev–Trinajstić information content (AvgIpc) is 2.79. The molecule has 0 aromatic heterocycles. The average molecular weight is 455 g/mol. The summed E-state index contributed by atoms with van der Waals surface area (Å²) in [6.45, 7) is 4.97. The van der Waals surface area contributed by atoms with Crippen LogP contribution >= 0.6 is 0 Å². The van der Waals surface area contributed by atoms with Crippen LogP contribution in [0.2, 0.25) is 0 Å². The van der Waals surface area contributed by atoms with E-state index >= 15 is 0 Å². The highest BCUT2D eigenvalue weighted by molar-refractivity contribution is 5.99. The van der Waals surface area contributed by atoms with E-state index in [2.05, 4.69) is 4.90 Å². The first-order valence-corrected chi connectivity index (χ1v) is 11.3. The normalized spacial score (nSPS) is 18.6. The van der Waals surface area contributed by atoms with Crippen LogP contribution in [0, 0.1) is 0 Å². The molecule has 2 aliphatic rings. The van der Waals surface area contributed by atoms with Gasteiger partial charge in [-0.05, 0) is 62.6 Å². The zero-order valence-electron chi connectivity index (χ0n) is 18.8. The largest absolute Gasteiger partial charge is 0.457 e. The van der Waals surface area contributed by atoms with Gasteiger partial charge in [-0.15, -0.1) is 0 Å². The Morgan fingerprint density at radius 2 is 1.82 bits per heavy atom. The highest BCUT2D eigenvalue weighted by Gasteiger charge is 2.27. The number of benzene rings is 2. The number of anilines is 1. The molecule has 2 aromatic rings. The number of rotatable bonds is 10. The lowest BCUT2D eigenvalue weighted by atomic mass is 10.1. The maximum atomic E-state index is 11.7. The molecule has 2 saturated heterocycles. The number of carbonyl (C=O) groups is 2. The zero-order valence-corrected chi connectivity index (χ0v) is 18.8. The fraction of sp³-hybridized carbons (Fsp3) is 0.440. The number of carbonyl (C=O) groups excluding carboxylic acids is 2. The van der Waals surface area contributed by atoms with Crippen LogP contribution in [0.1, 0.15) is 46.9 Å². The summed E-state index contributed by atoms with van der Waals surface area (Å²) in [6.07, 6.45) is 3.34. The van der Waals surface area contributed by atoms with E-state index in [9.17, 15) is 9.59 Å². The van der Waals surface area contributed by atoms with E-state index in [-0.39, 0.29) is 29.5 Å². The smallest absolute Gasteiger partial charge is 0.252 e. The molecule has 8 heteroatoms. The summed E-state index contributed by atoms with van der Waals surface area (Å²) in [4.78, 5) is 25.6. The minimum absolute atomic E-state index is 0.0787. The van der Waals surface area contributed by atoms with Gasteiger partial charge in [-0.1, -0.05) is 6.07 Å². The van der Waals surface area contributed by atoms with Crippen molar-refractivity contribution >= 4 is 17.4 Å². The fourth-order valence-corrected chi connectivity index (χ4v) is 3.87. The maximum absolute atomic E-state index is 11.7. The minimum Gasteiger partial charge on any atom is -0.457 e. The Morgan fingerprint density at radius 3 is 2.48 bits per heavy atom. The number of ether oxygens (including phenoxy) is 4. The van der Waals surface area contributed by atoms with Crippen molar-refractivity contribution < 1.29 is 28.5 Å². The molecule has 2 aliphatic heterocycles. The van der Waals surface area contributed by atoms with Gasteiger partial charge in [0, 0.05) is 30.9 Å². The van der Waals surface area contributed by atoms with Crippen molar-refractivity contribution in [2.24, 2.45) is 5.73 Å². The number of Topliss-reactive ketones (excluding diaryl/α,β-unsaturated/α-hetero) is 1. The van der Waals surface area contributed by atoms with Crippen molar-refractivity contribution in [2.45, 2.75) is 38.6 Å².